The monoisotopic (exact) mass is 303 g/mol. The lowest BCUT2D eigenvalue weighted by Gasteiger charge is -2.21. The Morgan fingerprint density at radius 2 is 2.27 bits per heavy atom. The van der Waals surface area contributed by atoms with Crippen molar-refractivity contribution < 1.29 is 19.4 Å². The van der Waals surface area contributed by atoms with Gasteiger partial charge in [-0.2, -0.15) is 0 Å². The minimum Gasteiger partial charge on any atom is -0.497 e. The van der Waals surface area contributed by atoms with Crippen molar-refractivity contribution in [2.75, 3.05) is 40.0 Å². The predicted octanol–water partition coefficient (Wildman–Crippen LogP) is 1.74. The van der Waals surface area contributed by atoms with Crippen molar-refractivity contribution >= 4 is 12.0 Å². The van der Waals surface area contributed by atoms with Crippen molar-refractivity contribution in [1.29, 1.82) is 0 Å². The SMILES string of the molecule is COc1ccc(C=CCN2C[C@@H]3COC[C@]3(C(=O)O)C2)cc1. The summed E-state index contributed by atoms with van der Waals surface area (Å²) in [5.74, 6) is 0.226. The number of aliphatic carboxylic acids is 1. The molecule has 5 nitrogen and oxygen atoms in total. The van der Waals surface area contributed by atoms with E-state index >= 15 is 0 Å². The van der Waals surface area contributed by atoms with E-state index in [-0.39, 0.29) is 5.92 Å². The topological polar surface area (TPSA) is 59.0 Å². The van der Waals surface area contributed by atoms with Crippen LogP contribution in [0.2, 0.25) is 0 Å². The highest BCUT2D eigenvalue weighted by Crippen LogP contribution is 2.41. The van der Waals surface area contributed by atoms with Crippen LogP contribution in [0.1, 0.15) is 5.56 Å². The second kappa shape index (κ2) is 6.10. The molecule has 22 heavy (non-hydrogen) atoms. The minimum atomic E-state index is -0.725. The molecule has 0 radical (unpaired) electrons. The zero-order valence-corrected chi connectivity index (χ0v) is 12.7. The second-order valence-electron chi connectivity index (χ2n) is 6.04. The van der Waals surface area contributed by atoms with E-state index in [9.17, 15) is 9.90 Å². The van der Waals surface area contributed by atoms with Gasteiger partial charge in [0, 0.05) is 25.6 Å². The molecular formula is C17H21NO4. The zero-order chi connectivity index (χ0) is 15.6. The number of nitrogens with zero attached hydrogens (tertiary/aromatic N) is 1. The smallest absolute Gasteiger partial charge is 0.313 e. The van der Waals surface area contributed by atoms with Gasteiger partial charge < -0.3 is 14.6 Å². The normalized spacial score (nSPS) is 28.1. The van der Waals surface area contributed by atoms with Crippen LogP contribution in [-0.2, 0) is 9.53 Å². The van der Waals surface area contributed by atoms with Gasteiger partial charge in [0.05, 0.1) is 20.3 Å². The highest BCUT2D eigenvalue weighted by molar-refractivity contribution is 5.76. The van der Waals surface area contributed by atoms with Gasteiger partial charge >= 0.3 is 5.97 Å². The molecule has 0 spiro atoms. The quantitative estimate of drug-likeness (QED) is 0.898. The van der Waals surface area contributed by atoms with E-state index in [4.69, 9.17) is 9.47 Å². The van der Waals surface area contributed by atoms with Gasteiger partial charge in [0.1, 0.15) is 11.2 Å². The number of rotatable bonds is 5. The average molecular weight is 303 g/mol. The van der Waals surface area contributed by atoms with E-state index in [2.05, 4.69) is 17.1 Å². The van der Waals surface area contributed by atoms with Crippen LogP contribution in [0.15, 0.2) is 30.3 Å². The highest BCUT2D eigenvalue weighted by atomic mass is 16.5. The summed E-state index contributed by atoms with van der Waals surface area (Å²) < 4.78 is 10.5. The maximum absolute atomic E-state index is 11.6. The fourth-order valence-corrected chi connectivity index (χ4v) is 3.33. The molecule has 1 N–H and O–H groups in total. The minimum absolute atomic E-state index is 0.111. The van der Waals surface area contributed by atoms with Crippen LogP contribution in [0.5, 0.6) is 5.75 Å². The van der Waals surface area contributed by atoms with Gasteiger partial charge in [-0.3, -0.25) is 9.69 Å². The van der Waals surface area contributed by atoms with E-state index in [1.165, 1.54) is 0 Å². The Kier molecular flexibility index (Phi) is 4.18. The Labute approximate surface area is 130 Å². The van der Waals surface area contributed by atoms with Crippen LogP contribution in [0.4, 0.5) is 0 Å². The second-order valence-corrected chi connectivity index (χ2v) is 6.04. The standard InChI is InChI=1S/C17H21NO4/c1-21-15-6-4-13(5-7-15)3-2-8-18-9-14-10-22-12-17(14,11-18)16(19)20/h2-7,14H,8-12H2,1H3,(H,19,20)/t14-,17-/m1/s1. The molecule has 3 rings (SSSR count). The molecule has 2 heterocycles. The maximum Gasteiger partial charge on any atom is 0.313 e. The molecule has 0 bridgehead atoms. The number of benzene rings is 1. The van der Waals surface area contributed by atoms with E-state index in [1.807, 2.05) is 24.3 Å². The van der Waals surface area contributed by atoms with Crippen molar-refractivity contribution in [2.24, 2.45) is 11.3 Å². The number of fused-ring (bicyclic) bond motifs is 1. The van der Waals surface area contributed by atoms with Crippen LogP contribution >= 0.6 is 0 Å². The van der Waals surface area contributed by atoms with Gasteiger partial charge in [-0.25, -0.2) is 0 Å². The first-order valence-corrected chi connectivity index (χ1v) is 7.48. The Bertz CT molecular complexity index is 569. The van der Waals surface area contributed by atoms with E-state index in [0.29, 0.717) is 19.8 Å². The first kappa shape index (κ1) is 15.1. The fourth-order valence-electron chi connectivity index (χ4n) is 3.33. The van der Waals surface area contributed by atoms with Crippen molar-refractivity contribution in [1.82, 2.24) is 4.90 Å². The predicted molar refractivity (Wildman–Crippen MR) is 82.8 cm³/mol. The summed E-state index contributed by atoms with van der Waals surface area (Å²) in [5.41, 5.74) is 0.407. The van der Waals surface area contributed by atoms with Crippen LogP contribution in [-0.4, -0.2) is 55.9 Å². The number of likely N-dealkylation sites (tertiary alicyclic amines) is 1. The largest absolute Gasteiger partial charge is 0.497 e. The average Bonchev–Trinajstić information content (AvgIpc) is 3.06. The summed E-state index contributed by atoms with van der Waals surface area (Å²) in [5, 5.41) is 9.51. The molecule has 118 valence electrons. The lowest BCUT2D eigenvalue weighted by Crippen LogP contribution is -2.39. The summed E-state index contributed by atoms with van der Waals surface area (Å²) in [7, 11) is 1.65. The molecule has 2 aliphatic rings. The first-order chi connectivity index (χ1) is 10.6. The number of carbonyl (C=O) groups is 1. The molecule has 0 saturated carbocycles. The van der Waals surface area contributed by atoms with E-state index in [0.717, 1.165) is 24.4 Å². The Morgan fingerprint density at radius 1 is 1.50 bits per heavy atom. The molecule has 0 aromatic heterocycles. The molecule has 1 aromatic rings. The first-order valence-electron chi connectivity index (χ1n) is 7.48. The molecule has 2 saturated heterocycles. The van der Waals surface area contributed by atoms with Crippen LogP contribution in [0, 0.1) is 11.3 Å². The lowest BCUT2D eigenvalue weighted by molar-refractivity contribution is -0.149. The number of carboxylic acid groups (broad SMARTS) is 1. The highest BCUT2D eigenvalue weighted by Gasteiger charge is 2.55. The van der Waals surface area contributed by atoms with Gasteiger partial charge in [0.15, 0.2) is 0 Å². The number of ether oxygens (including phenoxy) is 2. The molecule has 5 heteroatoms. The third-order valence-electron chi connectivity index (χ3n) is 4.66. The number of hydrogen-bond acceptors (Lipinski definition) is 4. The molecule has 2 fully saturated rings. The summed E-state index contributed by atoms with van der Waals surface area (Å²) in [4.78, 5) is 13.8. The number of methoxy groups -OCH3 is 1. The van der Waals surface area contributed by atoms with Crippen LogP contribution < -0.4 is 4.74 Å². The molecule has 0 aliphatic carbocycles. The van der Waals surface area contributed by atoms with Crippen LogP contribution in [0.3, 0.4) is 0 Å². The van der Waals surface area contributed by atoms with Crippen LogP contribution in [0.25, 0.3) is 6.08 Å². The summed E-state index contributed by atoms with van der Waals surface area (Å²) in [6.07, 6.45) is 4.14. The molecular weight excluding hydrogens is 282 g/mol. The molecule has 0 unspecified atom stereocenters. The summed E-state index contributed by atoms with van der Waals surface area (Å²) in [6.45, 7) is 3.02. The van der Waals surface area contributed by atoms with E-state index in [1.54, 1.807) is 7.11 Å². The van der Waals surface area contributed by atoms with Gasteiger partial charge in [-0.05, 0) is 17.7 Å². The van der Waals surface area contributed by atoms with Crippen molar-refractivity contribution in [3.63, 3.8) is 0 Å². The number of carboxylic acids is 1. The zero-order valence-electron chi connectivity index (χ0n) is 12.7. The molecule has 1 aromatic carbocycles. The Morgan fingerprint density at radius 3 is 2.91 bits per heavy atom. The lowest BCUT2D eigenvalue weighted by atomic mass is 9.81. The summed E-state index contributed by atoms with van der Waals surface area (Å²) >= 11 is 0. The fraction of sp³-hybridized carbons (Fsp3) is 0.471. The third kappa shape index (κ3) is 2.74. The van der Waals surface area contributed by atoms with E-state index < -0.39 is 11.4 Å². The van der Waals surface area contributed by atoms with Gasteiger partial charge in [-0.15, -0.1) is 0 Å². The van der Waals surface area contributed by atoms with Crippen molar-refractivity contribution in [3.8, 4) is 5.75 Å². The van der Waals surface area contributed by atoms with Gasteiger partial charge in [-0.1, -0.05) is 24.3 Å². The Balaban J connectivity index is 1.58. The van der Waals surface area contributed by atoms with Crippen molar-refractivity contribution in [3.05, 3.63) is 35.9 Å². The summed E-state index contributed by atoms with van der Waals surface area (Å²) in [6, 6.07) is 7.86. The third-order valence-corrected chi connectivity index (χ3v) is 4.66. The van der Waals surface area contributed by atoms with Gasteiger partial charge in [0.2, 0.25) is 0 Å². The molecule has 0 amide bonds. The van der Waals surface area contributed by atoms with Crippen molar-refractivity contribution in [2.45, 2.75) is 0 Å². The number of hydrogen-bond donors (Lipinski definition) is 1. The van der Waals surface area contributed by atoms with Gasteiger partial charge in [0.25, 0.3) is 0 Å². The maximum atomic E-state index is 11.6. The molecule has 2 aliphatic heterocycles. The molecule has 2 atom stereocenters. The Hall–Kier alpha value is -1.85.